The molecular weight excluding hydrogens is 511 g/mol. The minimum Gasteiger partial charge on any atom is -0.497 e. The third-order valence-electron chi connectivity index (χ3n) is 5.01. The number of anilines is 1. The topological polar surface area (TPSA) is 57.2 Å². The predicted molar refractivity (Wildman–Crippen MR) is 137 cm³/mol. The number of benzene rings is 2. The lowest BCUT2D eigenvalue weighted by molar-refractivity contribution is 0.373. The zero-order valence-electron chi connectivity index (χ0n) is 17.6. The third kappa shape index (κ3) is 7.16. The van der Waals surface area contributed by atoms with Crippen LogP contribution in [0.15, 0.2) is 59.6 Å². The number of hydrogen-bond donors (Lipinski definition) is 1. The van der Waals surface area contributed by atoms with Gasteiger partial charge in [-0.05, 0) is 29.8 Å². The first-order valence-corrected chi connectivity index (χ1v) is 11.4. The first kappa shape index (κ1) is 24.5. The van der Waals surface area contributed by atoms with E-state index in [9.17, 15) is 4.21 Å². The summed E-state index contributed by atoms with van der Waals surface area (Å²) in [4.78, 5) is 9.05. The molecule has 2 aromatic carbocycles. The second-order valence-electron chi connectivity index (χ2n) is 6.92. The normalized spacial score (nSPS) is 15.3. The molecule has 2 aromatic rings. The average Bonchev–Trinajstić information content (AvgIpc) is 2.78. The van der Waals surface area contributed by atoms with Gasteiger partial charge in [0.25, 0.3) is 0 Å². The van der Waals surface area contributed by atoms with Gasteiger partial charge in [0, 0.05) is 67.8 Å². The molecule has 0 amide bonds. The van der Waals surface area contributed by atoms with Gasteiger partial charge < -0.3 is 19.9 Å². The first-order valence-electron chi connectivity index (χ1n) is 9.93. The van der Waals surface area contributed by atoms with Crippen LogP contribution in [-0.4, -0.2) is 67.7 Å². The molecule has 0 aliphatic carbocycles. The van der Waals surface area contributed by atoms with Crippen LogP contribution in [0.2, 0.25) is 0 Å². The lowest BCUT2D eigenvalue weighted by Gasteiger charge is -2.37. The Morgan fingerprint density at radius 3 is 2.33 bits per heavy atom. The van der Waals surface area contributed by atoms with Crippen LogP contribution in [0.25, 0.3) is 0 Å². The fourth-order valence-electron chi connectivity index (χ4n) is 3.41. The highest BCUT2D eigenvalue weighted by atomic mass is 127. The first-order chi connectivity index (χ1) is 14.2. The molecule has 1 saturated heterocycles. The van der Waals surface area contributed by atoms with Crippen molar-refractivity contribution in [3.05, 3.63) is 60.2 Å². The summed E-state index contributed by atoms with van der Waals surface area (Å²) in [6, 6.07) is 18.2. The standard InChI is InChI=1S/C22H30N4O2S.HI/c1-23-22(24-12-17-29(27)18-19-6-4-3-5-7-19)26-15-13-25(14-16-26)20-8-10-21(28-2)11-9-20;/h3-11H,12-18H2,1-2H3,(H,23,24);1H. The second-order valence-corrected chi connectivity index (χ2v) is 8.50. The SMILES string of the molecule is CN=C(NCCS(=O)Cc1ccccc1)N1CCN(c2ccc(OC)cc2)CC1.I. The number of guanidine groups is 1. The molecular formula is C22H31IN4O2S. The second kappa shape index (κ2) is 12.8. The van der Waals surface area contributed by atoms with Gasteiger partial charge in [-0.2, -0.15) is 0 Å². The van der Waals surface area contributed by atoms with Crippen LogP contribution >= 0.6 is 24.0 Å². The molecule has 0 spiro atoms. The maximum atomic E-state index is 12.3. The molecule has 1 atom stereocenters. The Bertz CT molecular complexity index is 810. The minimum absolute atomic E-state index is 0. The van der Waals surface area contributed by atoms with E-state index in [0.29, 0.717) is 18.1 Å². The molecule has 1 aliphatic heterocycles. The van der Waals surface area contributed by atoms with E-state index in [1.54, 1.807) is 14.2 Å². The molecule has 3 rings (SSSR count). The molecule has 1 aliphatic rings. The van der Waals surface area contributed by atoms with Crippen LogP contribution in [0.4, 0.5) is 5.69 Å². The highest BCUT2D eigenvalue weighted by molar-refractivity contribution is 14.0. The Balaban J connectivity index is 0.00000320. The Labute approximate surface area is 199 Å². The molecule has 0 aromatic heterocycles. The third-order valence-corrected chi connectivity index (χ3v) is 6.33. The zero-order chi connectivity index (χ0) is 20.5. The maximum Gasteiger partial charge on any atom is 0.193 e. The number of ether oxygens (including phenoxy) is 1. The summed E-state index contributed by atoms with van der Waals surface area (Å²) in [5, 5.41) is 3.37. The number of nitrogens with zero attached hydrogens (tertiary/aromatic N) is 3. The Kier molecular flexibility index (Phi) is 10.4. The largest absolute Gasteiger partial charge is 0.497 e. The fourth-order valence-corrected chi connectivity index (χ4v) is 4.45. The van der Waals surface area contributed by atoms with Gasteiger partial charge in [-0.25, -0.2) is 0 Å². The van der Waals surface area contributed by atoms with Crippen LogP contribution < -0.4 is 15.0 Å². The molecule has 8 heteroatoms. The summed E-state index contributed by atoms with van der Waals surface area (Å²) < 4.78 is 17.5. The minimum atomic E-state index is -0.882. The Morgan fingerprint density at radius 2 is 1.73 bits per heavy atom. The van der Waals surface area contributed by atoms with Crippen LogP contribution in [-0.2, 0) is 16.6 Å². The number of rotatable bonds is 7. The fraction of sp³-hybridized carbons (Fsp3) is 0.409. The van der Waals surface area contributed by atoms with Gasteiger partial charge in [0.2, 0.25) is 0 Å². The van der Waals surface area contributed by atoms with Crippen LogP contribution in [0.1, 0.15) is 5.56 Å². The molecule has 164 valence electrons. The molecule has 1 unspecified atom stereocenters. The molecule has 6 nitrogen and oxygen atoms in total. The van der Waals surface area contributed by atoms with Gasteiger partial charge >= 0.3 is 0 Å². The molecule has 0 radical (unpaired) electrons. The lowest BCUT2D eigenvalue weighted by Crippen LogP contribution is -2.53. The Hall–Kier alpha value is -1.81. The van der Waals surface area contributed by atoms with E-state index in [1.165, 1.54) is 5.69 Å². The van der Waals surface area contributed by atoms with Gasteiger partial charge in [0.05, 0.1) is 7.11 Å². The van der Waals surface area contributed by atoms with E-state index < -0.39 is 10.8 Å². The summed E-state index contributed by atoms with van der Waals surface area (Å²) in [5.74, 6) is 2.97. The maximum absolute atomic E-state index is 12.3. The number of aliphatic imine (C=N–C) groups is 1. The molecule has 1 fully saturated rings. The van der Waals surface area contributed by atoms with Crippen molar-refractivity contribution in [1.29, 1.82) is 0 Å². The smallest absolute Gasteiger partial charge is 0.193 e. The zero-order valence-corrected chi connectivity index (χ0v) is 20.8. The van der Waals surface area contributed by atoms with Gasteiger partial charge in [0.1, 0.15) is 5.75 Å². The Morgan fingerprint density at radius 1 is 1.07 bits per heavy atom. The lowest BCUT2D eigenvalue weighted by atomic mass is 10.2. The highest BCUT2D eigenvalue weighted by Gasteiger charge is 2.19. The van der Waals surface area contributed by atoms with Crippen molar-refractivity contribution in [2.45, 2.75) is 5.75 Å². The molecule has 0 saturated carbocycles. The van der Waals surface area contributed by atoms with E-state index in [2.05, 4.69) is 32.2 Å². The van der Waals surface area contributed by atoms with E-state index in [-0.39, 0.29) is 24.0 Å². The number of methoxy groups -OCH3 is 1. The number of piperazine rings is 1. The van der Waals surface area contributed by atoms with Crippen molar-refractivity contribution in [1.82, 2.24) is 10.2 Å². The summed E-state index contributed by atoms with van der Waals surface area (Å²) in [6.45, 7) is 4.34. The van der Waals surface area contributed by atoms with Crippen molar-refractivity contribution in [2.75, 3.05) is 57.5 Å². The number of halogens is 1. The monoisotopic (exact) mass is 542 g/mol. The molecule has 30 heavy (non-hydrogen) atoms. The average molecular weight is 542 g/mol. The summed E-state index contributed by atoms with van der Waals surface area (Å²) in [6.07, 6.45) is 0. The quantitative estimate of drug-likeness (QED) is 0.332. The summed E-state index contributed by atoms with van der Waals surface area (Å²) >= 11 is 0. The van der Waals surface area contributed by atoms with Crippen molar-refractivity contribution >= 4 is 46.4 Å². The molecule has 0 bridgehead atoms. The number of hydrogen-bond acceptors (Lipinski definition) is 4. The van der Waals surface area contributed by atoms with E-state index >= 15 is 0 Å². The number of nitrogens with one attached hydrogen (secondary N) is 1. The molecule has 1 heterocycles. The van der Waals surface area contributed by atoms with E-state index in [0.717, 1.165) is 43.5 Å². The van der Waals surface area contributed by atoms with Gasteiger partial charge in [-0.3, -0.25) is 9.20 Å². The van der Waals surface area contributed by atoms with Crippen molar-refractivity contribution < 1.29 is 8.95 Å². The predicted octanol–water partition coefficient (Wildman–Crippen LogP) is 2.96. The molecule has 1 N–H and O–H groups in total. The van der Waals surface area contributed by atoms with Gasteiger partial charge in [-0.15, -0.1) is 24.0 Å². The van der Waals surface area contributed by atoms with Crippen molar-refractivity contribution in [2.24, 2.45) is 4.99 Å². The van der Waals surface area contributed by atoms with Crippen molar-refractivity contribution in [3.8, 4) is 5.75 Å². The van der Waals surface area contributed by atoms with E-state index in [1.807, 2.05) is 42.5 Å². The van der Waals surface area contributed by atoms with Gasteiger partial charge in [0.15, 0.2) is 5.96 Å². The van der Waals surface area contributed by atoms with Gasteiger partial charge in [-0.1, -0.05) is 30.3 Å². The summed E-state index contributed by atoms with van der Waals surface area (Å²) in [7, 11) is 2.61. The van der Waals surface area contributed by atoms with Crippen molar-refractivity contribution in [3.63, 3.8) is 0 Å². The highest BCUT2D eigenvalue weighted by Crippen LogP contribution is 2.20. The van der Waals surface area contributed by atoms with Crippen LogP contribution in [0.5, 0.6) is 5.75 Å². The van der Waals surface area contributed by atoms with E-state index in [4.69, 9.17) is 4.74 Å². The van der Waals surface area contributed by atoms with Crippen LogP contribution in [0.3, 0.4) is 0 Å². The summed E-state index contributed by atoms with van der Waals surface area (Å²) in [5.41, 5.74) is 2.33. The van der Waals surface area contributed by atoms with Crippen LogP contribution in [0, 0.1) is 0 Å².